The average molecular weight is 179 g/mol. The van der Waals surface area contributed by atoms with Gasteiger partial charge in [0.1, 0.15) is 6.61 Å². The molecule has 0 radical (unpaired) electrons. The van der Waals surface area contributed by atoms with Crippen LogP contribution in [-0.2, 0) is 9.09 Å². The van der Waals surface area contributed by atoms with Crippen molar-refractivity contribution in [2.24, 2.45) is 0 Å². The third-order valence-corrected chi connectivity index (χ3v) is 1.47. The van der Waals surface area contributed by atoms with Gasteiger partial charge in [0, 0.05) is 4.57 Å². The molecule has 0 saturated heterocycles. The molecule has 0 heterocycles. The number of aliphatic hydroxyl groups is 1. The summed E-state index contributed by atoms with van der Waals surface area (Å²) in [5.41, 5.74) is 0.835. The molecule has 0 aliphatic rings. The Morgan fingerprint density at radius 2 is 2.36 bits per heavy atom. The Bertz CT molecular complexity index is 155. The van der Waals surface area contributed by atoms with Gasteiger partial charge in [0.05, 0.1) is 6.61 Å². The van der Waals surface area contributed by atoms with E-state index >= 15 is 0 Å². The Morgan fingerprint density at radius 3 is 2.82 bits per heavy atom. The Balaban J connectivity index is 3.33. The molecule has 0 aromatic rings. The van der Waals surface area contributed by atoms with E-state index in [1.54, 1.807) is 13.0 Å². The minimum absolute atomic E-state index is 0.0191. The predicted octanol–water partition coefficient (Wildman–Crippen LogP) is 0.981. The van der Waals surface area contributed by atoms with E-state index < -0.39 is 8.25 Å². The molecule has 4 nitrogen and oxygen atoms in total. The van der Waals surface area contributed by atoms with E-state index in [0.29, 0.717) is 6.42 Å². The second-order valence-corrected chi connectivity index (χ2v) is 2.80. The van der Waals surface area contributed by atoms with Gasteiger partial charge >= 0.3 is 8.25 Å². The number of aliphatic hydroxyl groups excluding tert-OH is 1. The second-order valence-electron chi connectivity index (χ2n) is 2.07. The molecule has 0 spiro atoms. The van der Waals surface area contributed by atoms with Crippen LogP contribution in [0.3, 0.4) is 0 Å². The van der Waals surface area contributed by atoms with Crippen LogP contribution in [-0.4, -0.2) is 23.2 Å². The summed E-state index contributed by atoms with van der Waals surface area (Å²) in [4.78, 5) is 8.19. The largest absolute Gasteiger partial charge is 0.694 e. The fourth-order valence-corrected chi connectivity index (χ4v) is 0.762. The van der Waals surface area contributed by atoms with Crippen molar-refractivity contribution in [1.29, 1.82) is 0 Å². The Morgan fingerprint density at radius 1 is 1.73 bits per heavy atom. The van der Waals surface area contributed by atoms with Gasteiger partial charge in [-0.25, -0.2) is 0 Å². The summed E-state index contributed by atoms with van der Waals surface area (Å²) in [6.45, 7) is 2.01. The maximum Gasteiger partial charge on any atom is 0.694 e. The predicted molar refractivity (Wildman–Crippen MR) is 41.2 cm³/mol. The van der Waals surface area contributed by atoms with Gasteiger partial charge in [0.2, 0.25) is 0 Å². The molecular weight excluding hydrogens is 167 g/mol. The van der Waals surface area contributed by atoms with E-state index in [9.17, 15) is 4.57 Å². The summed E-state index contributed by atoms with van der Waals surface area (Å²) in [5.74, 6) is 0. The lowest BCUT2D eigenvalue weighted by Crippen LogP contribution is -1.87. The van der Waals surface area contributed by atoms with Crippen molar-refractivity contribution in [3.8, 4) is 0 Å². The molecule has 0 aliphatic heterocycles. The van der Waals surface area contributed by atoms with Crippen molar-refractivity contribution in [1.82, 2.24) is 0 Å². The first kappa shape index (κ1) is 10.7. The van der Waals surface area contributed by atoms with Crippen LogP contribution in [0.2, 0.25) is 0 Å². The summed E-state index contributed by atoms with van der Waals surface area (Å²) >= 11 is 0. The molecule has 0 aromatic carbocycles. The van der Waals surface area contributed by atoms with Crippen molar-refractivity contribution in [2.45, 2.75) is 13.3 Å². The van der Waals surface area contributed by atoms with E-state index in [2.05, 4.69) is 4.52 Å². The fourth-order valence-electron chi connectivity index (χ4n) is 0.501. The van der Waals surface area contributed by atoms with Crippen LogP contribution in [0.4, 0.5) is 0 Å². The van der Waals surface area contributed by atoms with Crippen LogP contribution in [0, 0.1) is 0 Å². The van der Waals surface area contributed by atoms with Gasteiger partial charge < -0.3 is 5.11 Å². The highest BCUT2D eigenvalue weighted by atomic mass is 31.1. The second kappa shape index (κ2) is 6.43. The average Bonchev–Trinajstić information content (AvgIpc) is 1.97. The Labute approximate surface area is 66.5 Å². The zero-order valence-electron chi connectivity index (χ0n) is 6.36. The van der Waals surface area contributed by atoms with Crippen LogP contribution in [0.25, 0.3) is 0 Å². The van der Waals surface area contributed by atoms with Crippen molar-refractivity contribution in [2.75, 3.05) is 13.2 Å². The monoisotopic (exact) mass is 179 g/mol. The molecule has 1 unspecified atom stereocenters. The zero-order chi connectivity index (χ0) is 8.69. The summed E-state index contributed by atoms with van der Waals surface area (Å²) in [6.07, 6.45) is 2.31. The van der Waals surface area contributed by atoms with Gasteiger partial charge in [-0.05, 0) is 13.3 Å². The standard InChI is InChI=1S/C6H11O4P/c1-6(5-7)3-2-4-10-11(8)9/h3,7H,2,4-5H2,1H3/p+1. The topological polar surface area (TPSA) is 66.8 Å². The molecule has 0 rings (SSSR count). The minimum Gasteiger partial charge on any atom is -0.392 e. The Kier molecular flexibility index (Phi) is 6.27. The maximum absolute atomic E-state index is 9.97. The quantitative estimate of drug-likeness (QED) is 0.375. The van der Waals surface area contributed by atoms with Gasteiger partial charge in [-0.2, -0.15) is 0 Å². The lowest BCUT2D eigenvalue weighted by atomic mass is 10.2. The molecule has 0 aliphatic carbocycles. The van der Waals surface area contributed by atoms with Crippen LogP contribution in [0.15, 0.2) is 11.6 Å². The normalized spacial score (nSPS) is 13.4. The molecule has 1 atom stereocenters. The van der Waals surface area contributed by atoms with Gasteiger partial charge in [-0.3, -0.25) is 0 Å². The van der Waals surface area contributed by atoms with Gasteiger partial charge in [0.25, 0.3) is 0 Å². The van der Waals surface area contributed by atoms with Crippen molar-refractivity contribution in [3.63, 3.8) is 0 Å². The first-order valence-corrected chi connectivity index (χ1v) is 4.35. The van der Waals surface area contributed by atoms with Crippen LogP contribution < -0.4 is 0 Å². The molecule has 0 saturated carbocycles. The number of rotatable bonds is 5. The SMILES string of the molecule is CC(=CCCO[P+](=O)O)CO. The highest BCUT2D eigenvalue weighted by Crippen LogP contribution is 2.14. The molecule has 0 amide bonds. The molecule has 0 bridgehead atoms. The van der Waals surface area contributed by atoms with Crippen LogP contribution in [0.1, 0.15) is 13.3 Å². The van der Waals surface area contributed by atoms with Crippen LogP contribution in [0.5, 0.6) is 0 Å². The molecule has 64 valence electrons. The Hall–Kier alpha value is -0.280. The molecule has 0 aromatic heterocycles. The minimum atomic E-state index is -2.48. The third kappa shape index (κ3) is 7.62. The highest BCUT2D eigenvalue weighted by molar-refractivity contribution is 7.32. The zero-order valence-corrected chi connectivity index (χ0v) is 7.25. The van der Waals surface area contributed by atoms with E-state index in [0.717, 1.165) is 5.57 Å². The smallest absolute Gasteiger partial charge is 0.392 e. The lowest BCUT2D eigenvalue weighted by molar-refractivity contribution is 0.286. The van der Waals surface area contributed by atoms with Crippen LogP contribution >= 0.6 is 8.25 Å². The molecule has 5 heteroatoms. The van der Waals surface area contributed by atoms with Gasteiger partial charge in [-0.1, -0.05) is 11.6 Å². The fraction of sp³-hybridized carbons (Fsp3) is 0.667. The van der Waals surface area contributed by atoms with E-state index in [-0.39, 0.29) is 13.2 Å². The van der Waals surface area contributed by atoms with E-state index in [1.807, 2.05) is 0 Å². The summed E-state index contributed by atoms with van der Waals surface area (Å²) in [5, 5.41) is 8.53. The molecule has 2 N–H and O–H groups in total. The maximum atomic E-state index is 9.97. The summed E-state index contributed by atoms with van der Waals surface area (Å²) in [6, 6.07) is 0. The first-order chi connectivity index (χ1) is 5.16. The van der Waals surface area contributed by atoms with Crippen molar-refractivity contribution < 1.29 is 19.1 Å². The summed E-state index contributed by atoms with van der Waals surface area (Å²) < 4.78 is 14.3. The molecule has 0 fully saturated rings. The van der Waals surface area contributed by atoms with E-state index in [4.69, 9.17) is 10.00 Å². The molecule has 11 heavy (non-hydrogen) atoms. The van der Waals surface area contributed by atoms with Crippen molar-refractivity contribution >= 4 is 8.25 Å². The third-order valence-electron chi connectivity index (χ3n) is 1.06. The van der Waals surface area contributed by atoms with Crippen molar-refractivity contribution in [3.05, 3.63) is 11.6 Å². The van der Waals surface area contributed by atoms with Gasteiger partial charge in [-0.15, -0.1) is 9.42 Å². The lowest BCUT2D eigenvalue weighted by Gasteiger charge is -1.91. The first-order valence-electron chi connectivity index (χ1n) is 3.22. The number of hydrogen-bond acceptors (Lipinski definition) is 3. The van der Waals surface area contributed by atoms with E-state index in [1.165, 1.54) is 0 Å². The highest BCUT2D eigenvalue weighted by Gasteiger charge is 2.09. The summed E-state index contributed by atoms with van der Waals surface area (Å²) in [7, 11) is -2.48. The molecular formula is C6H12O4P+. The number of hydrogen-bond donors (Lipinski definition) is 2. The van der Waals surface area contributed by atoms with Gasteiger partial charge in [0.15, 0.2) is 0 Å².